The van der Waals surface area contributed by atoms with Crippen LogP contribution in [-0.4, -0.2) is 10.1 Å². The van der Waals surface area contributed by atoms with Gasteiger partial charge in [-0.1, -0.05) is 39.0 Å². The number of hydrogen-bond acceptors (Lipinski definition) is 4. The molecule has 0 aliphatic carbocycles. The van der Waals surface area contributed by atoms with Gasteiger partial charge >= 0.3 is 0 Å². The van der Waals surface area contributed by atoms with Crippen molar-refractivity contribution in [3.05, 3.63) is 45.9 Å². The molecule has 0 saturated carbocycles. The first-order valence-corrected chi connectivity index (χ1v) is 7.65. The first-order chi connectivity index (χ1) is 9.38. The second-order valence-electron chi connectivity index (χ2n) is 6.00. The Balaban J connectivity index is 2.08. The molecule has 108 valence electrons. The van der Waals surface area contributed by atoms with E-state index in [0.29, 0.717) is 0 Å². The fourth-order valence-corrected chi connectivity index (χ4v) is 2.85. The Morgan fingerprint density at radius 2 is 2.00 bits per heavy atom. The van der Waals surface area contributed by atoms with Gasteiger partial charge in [-0.2, -0.15) is 0 Å². The van der Waals surface area contributed by atoms with Gasteiger partial charge in [0.2, 0.25) is 0 Å². The summed E-state index contributed by atoms with van der Waals surface area (Å²) in [7, 11) is 0. The van der Waals surface area contributed by atoms with E-state index in [0.717, 1.165) is 22.8 Å². The summed E-state index contributed by atoms with van der Waals surface area (Å²) in [6.45, 7) is 9.03. The van der Waals surface area contributed by atoms with Crippen LogP contribution in [0.1, 0.15) is 49.2 Å². The number of nitrogens with one attached hydrogen (secondary N) is 1. The third kappa shape index (κ3) is 3.58. The van der Waals surface area contributed by atoms with Gasteiger partial charge < -0.3 is 10.4 Å². The summed E-state index contributed by atoms with van der Waals surface area (Å²) in [5.74, 6) is 0. The molecule has 0 bridgehead atoms. The van der Waals surface area contributed by atoms with Crippen molar-refractivity contribution in [3.63, 3.8) is 0 Å². The number of thiazole rings is 1. The maximum absolute atomic E-state index is 9.76. The quantitative estimate of drug-likeness (QED) is 0.891. The lowest BCUT2D eigenvalue weighted by Crippen LogP contribution is -2.09. The molecule has 0 aliphatic rings. The van der Waals surface area contributed by atoms with E-state index in [1.807, 2.05) is 30.5 Å². The Labute approximate surface area is 124 Å². The lowest BCUT2D eigenvalue weighted by molar-refractivity contribution is 0.200. The second-order valence-corrected chi connectivity index (χ2v) is 7.11. The summed E-state index contributed by atoms with van der Waals surface area (Å²) in [5.41, 5.74) is 2.00. The van der Waals surface area contributed by atoms with Crippen molar-refractivity contribution in [3.8, 4) is 0 Å². The van der Waals surface area contributed by atoms with Gasteiger partial charge in [0.1, 0.15) is 0 Å². The van der Waals surface area contributed by atoms with Gasteiger partial charge in [0.15, 0.2) is 0 Å². The average Bonchev–Trinajstić information content (AvgIpc) is 2.85. The number of nitrogens with zero attached hydrogens (tertiary/aromatic N) is 1. The molecule has 1 heterocycles. The summed E-state index contributed by atoms with van der Waals surface area (Å²) in [6.07, 6.45) is 1.47. The van der Waals surface area contributed by atoms with Crippen molar-refractivity contribution in [1.82, 2.24) is 4.98 Å². The molecule has 0 radical (unpaired) electrons. The van der Waals surface area contributed by atoms with Crippen LogP contribution in [0.3, 0.4) is 0 Å². The predicted molar refractivity (Wildman–Crippen MR) is 85.2 cm³/mol. The standard InChI is InChI=1S/C16H22N2OS/c1-11(19)13-7-5-6-8-14(13)17-9-12-10-18-15(20-12)16(2,3)4/h5-8,10-11,17,19H,9H2,1-4H3. The Morgan fingerprint density at radius 3 is 2.60 bits per heavy atom. The molecule has 0 saturated heterocycles. The lowest BCUT2D eigenvalue weighted by Gasteiger charge is -2.14. The lowest BCUT2D eigenvalue weighted by atomic mass is 9.98. The number of para-hydroxylation sites is 1. The molecule has 0 spiro atoms. The molecule has 2 N–H and O–H groups in total. The third-order valence-corrected chi connectivity index (χ3v) is 4.48. The predicted octanol–water partition coefficient (Wildman–Crippen LogP) is 4.11. The second kappa shape index (κ2) is 5.94. The first-order valence-electron chi connectivity index (χ1n) is 6.84. The van der Waals surface area contributed by atoms with Crippen LogP contribution in [-0.2, 0) is 12.0 Å². The van der Waals surface area contributed by atoms with Crippen molar-refractivity contribution in [2.75, 3.05) is 5.32 Å². The van der Waals surface area contributed by atoms with Crippen LogP contribution in [0, 0.1) is 0 Å². The molecule has 1 atom stereocenters. The molecule has 3 nitrogen and oxygen atoms in total. The highest BCUT2D eigenvalue weighted by Gasteiger charge is 2.18. The minimum absolute atomic E-state index is 0.0977. The van der Waals surface area contributed by atoms with Gasteiger partial charge in [-0.15, -0.1) is 11.3 Å². The minimum Gasteiger partial charge on any atom is -0.389 e. The van der Waals surface area contributed by atoms with Crippen LogP contribution < -0.4 is 5.32 Å². The Morgan fingerprint density at radius 1 is 1.30 bits per heavy atom. The fourth-order valence-electron chi connectivity index (χ4n) is 1.94. The van der Waals surface area contributed by atoms with Crippen molar-refractivity contribution in [1.29, 1.82) is 0 Å². The maximum Gasteiger partial charge on any atom is 0.0981 e. The fraction of sp³-hybridized carbons (Fsp3) is 0.438. The van der Waals surface area contributed by atoms with Gasteiger partial charge in [0.05, 0.1) is 17.7 Å². The summed E-state index contributed by atoms with van der Waals surface area (Å²) >= 11 is 1.74. The molecule has 1 aromatic carbocycles. The highest BCUT2D eigenvalue weighted by atomic mass is 32.1. The van der Waals surface area contributed by atoms with Gasteiger partial charge in [-0.05, 0) is 13.0 Å². The molecule has 0 fully saturated rings. The van der Waals surface area contributed by atoms with E-state index in [-0.39, 0.29) is 5.41 Å². The molecule has 4 heteroatoms. The van der Waals surface area contributed by atoms with E-state index in [1.165, 1.54) is 4.88 Å². The molecule has 0 amide bonds. The van der Waals surface area contributed by atoms with E-state index in [2.05, 4.69) is 31.1 Å². The molecule has 1 unspecified atom stereocenters. The summed E-state index contributed by atoms with van der Waals surface area (Å²) in [4.78, 5) is 5.69. The SMILES string of the molecule is CC(O)c1ccccc1NCc1cnc(C(C)(C)C)s1. The first kappa shape index (κ1) is 15.0. The largest absolute Gasteiger partial charge is 0.389 e. The summed E-state index contributed by atoms with van der Waals surface area (Å²) < 4.78 is 0. The van der Waals surface area contributed by atoms with E-state index in [1.54, 1.807) is 18.3 Å². The molecular weight excluding hydrogens is 268 g/mol. The number of benzene rings is 1. The van der Waals surface area contributed by atoms with Gasteiger partial charge in [0.25, 0.3) is 0 Å². The number of aromatic nitrogens is 1. The van der Waals surface area contributed by atoms with E-state index in [9.17, 15) is 5.11 Å². The van der Waals surface area contributed by atoms with Crippen molar-refractivity contribution < 1.29 is 5.11 Å². The molecular formula is C16H22N2OS. The van der Waals surface area contributed by atoms with E-state index < -0.39 is 6.10 Å². The van der Waals surface area contributed by atoms with Crippen LogP contribution in [0.25, 0.3) is 0 Å². The summed E-state index contributed by atoms with van der Waals surface area (Å²) in [6, 6.07) is 7.85. The van der Waals surface area contributed by atoms with E-state index >= 15 is 0 Å². The third-order valence-electron chi connectivity index (χ3n) is 3.06. The number of aliphatic hydroxyl groups is 1. The average molecular weight is 290 g/mol. The zero-order chi connectivity index (χ0) is 14.8. The highest BCUT2D eigenvalue weighted by Crippen LogP contribution is 2.28. The molecule has 2 aromatic rings. The smallest absolute Gasteiger partial charge is 0.0981 e. The molecule has 1 aromatic heterocycles. The van der Waals surface area contributed by atoms with Gasteiger partial charge in [0, 0.05) is 27.7 Å². The molecule has 2 rings (SSSR count). The van der Waals surface area contributed by atoms with Crippen molar-refractivity contribution >= 4 is 17.0 Å². The van der Waals surface area contributed by atoms with E-state index in [4.69, 9.17) is 0 Å². The van der Waals surface area contributed by atoms with Crippen LogP contribution >= 0.6 is 11.3 Å². The topological polar surface area (TPSA) is 45.1 Å². The number of rotatable bonds is 4. The van der Waals surface area contributed by atoms with Crippen molar-refractivity contribution in [2.24, 2.45) is 0 Å². The number of anilines is 1. The van der Waals surface area contributed by atoms with Crippen LogP contribution in [0.4, 0.5) is 5.69 Å². The Bertz CT molecular complexity index is 570. The highest BCUT2D eigenvalue weighted by molar-refractivity contribution is 7.11. The maximum atomic E-state index is 9.76. The Hall–Kier alpha value is -1.39. The van der Waals surface area contributed by atoms with Gasteiger partial charge in [-0.3, -0.25) is 0 Å². The summed E-state index contributed by atoms with van der Waals surface area (Å²) in [5, 5.41) is 14.3. The van der Waals surface area contributed by atoms with Crippen molar-refractivity contribution in [2.45, 2.75) is 45.8 Å². The number of aliphatic hydroxyl groups excluding tert-OH is 1. The molecule has 20 heavy (non-hydrogen) atoms. The zero-order valence-corrected chi connectivity index (χ0v) is 13.3. The van der Waals surface area contributed by atoms with Crippen LogP contribution in [0.2, 0.25) is 0 Å². The molecule has 0 aliphatic heterocycles. The monoisotopic (exact) mass is 290 g/mol. The minimum atomic E-state index is -0.467. The number of hydrogen-bond donors (Lipinski definition) is 2. The van der Waals surface area contributed by atoms with Gasteiger partial charge in [-0.25, -0.2) is 4.98 Å². The normalized spacial score (nSPS) is 13.2. The Kier molecular flexibility index (Phi) is 4.45. The zero-order valence-electron chi connectivity index (χ0n) is 12.5. The van der Waals surface area contributed by atoms with Crippen LogP contribution in [0.5, 0.6) is 0 Å². The van der Waals surface area contributed by atoms with Crippen LogP contribution in [0.15, 0.2) is 30.5 Å².